The molecule has 7 nitrogen and oxygen atoms in total. The molecule has 21 heavy (non-hydrogen) atoms. The zero-order chi connectivity index (χ0) is 14.4. The number of hydrogen-bond donors (Lipinski definition) is 1. The fraction of sp³-hybridized carbons (Fsp3) is 0.714. The van der Waals surface area contributed by atoms with Gasteiger partial charge in [0.2, 0.25) is 5.89 Å². The monoisotopic (exact) mass is 288 g/mol. The molecular formula is C14H20N6O. The molecule has 1 aliphatic carbocycles. The van der Waals surface area contributed by atoms with E-state index in [1.54, 1.807) is 0 Å². The van der Waals surface area contributed by atoms with E-state index in [9.17, 15) is 0 Å². The summed E-state index contributed by atoms with van der Waals surface area (Å²) in [7, 11) is 0. The maximum atomic E-state index is 5.38. The number of nitrogens with one attached hydrogen (secondary N) is 1. The molecule has 1 N–H and O–H groups in total. The van der Waals surface area contributed by atoms with Crippen LogP contribution >= 0.6 is 0 Å². The molecule has 2 aromatic heterocycles. The summed E-state index contributed by atoms with van der Waals surface area (Å²) in [5.74, 6) is 4.04. The highest BCUT2D eigenvalue weighted by Crippen LogP contribution is 2.38. The van der Waals surface area contributed by atoms with Crippen LogP contribution in [0.2, 0.25) is 0 Å². The van der Waals surface area contributed by atoms with Gasteiger partial charge in [0.05, 0.1) is 12.6 Å². The lowest BCUT2D eigenvalue weighted by atomic mass is 10.1. The SMILES string of the molecule is Cc1nc2n(n1)C[C@@H](N[C@@H](C)c1nc(C3CC3)no1)CC2. The molecule has 0 spiro atoms. The van der Waals surface area contributed by atoms with Gasteiger partial charge < -0.3 is 9.84 Å². The Morgan fingerprint density at radius 1 is 1.29 bits per heavy atom. The molecule has 2 aliphatic rings. The van der Waals surface area contributed by atoms with E-state index in [0.29, 0.717) is 17.9 Å². The average Bonchev–Trinajstić information content (AvgIpc) is 3.06. The molecule has 3 heterocycles. The van der Waals surface area contributed by atoms with Gasteiger partial charge in [-0.05, 0) is 33.1 Å². The van der Waals surface area contributed by atoms with Crippen molar-refractivity contribution >= 4 is 0 Å². The summed E-state index contributed by atoms with van der Waals surface area (Å²) >= 11 is 0. The average molecular weight is 288 g/mol. The largest absolute Gasteiger partial charge is 0.338 e. The van der Waals surface area contributed by atoms with E-state index in [4.69, 9.17) is 4.52 Å². The molecule has 1 fully saturated rings. The van der Waals surface area contributed by atoms with Crippen LogP contribution in [-0.2, 0) is 13.0 Å². The molecule has 0 saturated heterocycles. The topological polar surface area (TPSA) is 81.7 Å². The summed E-state index contributed by atoms with van der Waals surface area (Å²) < 4.78 is 7.39. The van der Waals surface area contributed by atoms with Crippen LogP contribution < -0.4 is 5.32 Å². The Morgan fingerprint density at radius 3 is 2.95 bits per heavy atom. The van der Waals surface area contributed by atoms with Crippen molar-refractivity contribution in [1.82, 2.24) is 30.2 Å². The molecule has 0 radical (unpaired) electrons. The minimum Gasteiger partial charge on any atom is -0.338 e. The predicted molar refractivity (Wildman–Crippen MR) is 74.7 cm³/mol. The first-order valence-corrected chi connectivity index (χ1v) is 7.69. The Balaban J connectivity index is 1.41. The number of fused-ring (bicyclic) bond motifs is 1. The summed E-state index contributed by atoms with van der Waals surface area (Å²) in [6.07, 6.45) is 4.41. The van der Waals surface area contributed by atoms with E-state index in [1.165, 1.54) is 12.8 Å². The van der Waals surface area contributed by atoms with Crippen LogP contribution in [0.5, 0.6) is 0 Å². The van der Waals surface area contributed by atoms with Crippen LogP contribution in [-0.4, -0.2) is 30.9 Å². The molecule has 4 rings (SSSR count). The van der Waals surface area contributed by atoms with Crippen LogP contribution in [0.1, 0.15) is 61.5 Å². The van der Waals surface area contributed by atoms with Gasteiger partial charge in [0, 0.05) is 18.4 Å². The molecule has 0 aromatic carbocycles. The first-order chi connectivity index (χ1) is 10.2. The highest BCUT2D eigenvalue weighted by Gasteiger charge is 2.30. The first kappa shape index (κ1) is 12.9. The molecule has 1 saturated carbocycles. The van der Waals surface area contributed by atoms with Crippen molar-refractivity contribution in [2.45, 2.75) is 64.1 Å². The van der Waals surface area contributed by atoms with Gasteiger partial charge in [0.1, 0.15) is 11.6 Å². The van der Waals surface area contributed by atoms with Crippen LogP contribution in [0.3, 0.4) is 0 Å². The van der Waals surface area contributed by atoms with Crippen molar-refractivity contribution in [2.75, 3.05) is 0 Å². The van der Waals surface area contributed by atoms with Gasteiger partial charge in [-0.25, -0.2) is 9.67 Å². The van der Waals surface area contributed by atoms with E-state index >= 15 is 0 Å². The summed E-state index contributed by atoms with van der Waals surface area (Å²) in [5, 5.41) is 12.1. The Labute approximate surface area is 123 Å². The van der Waals surface area contributed by atoms with Gasteiger partial charge in [-0.1, -0.05) is 5.16 Å². The summed E-state index contributed by atoms with van der Waals surface area (Å²) in [4.78, 5) is 8.95. The second kappa shape index (κ2) is 4.91. The Bertz CT molecular complexity index is 644. The lowest BCUT2D eigenvalue weighted by Crippen LogP contribution is -2.39. The van der Waals surface area contributed by atoms with Crippen molar-refractivity contribution in [3.05, 3.63) is 23.4 Å². The van der Waals surface area contributed by atoms with Crippen LogP contribution in [0.4, 0.5) is 0 Å². The van der Waals surface area contributed by atoms with Gasteiger partial charge in [0.15, 0.2) is 5.82 Å². The normalized spacial score (nSPS) is 23.0. The summed E-state index contributed by atoms with van der Waals surface area (Å²) in [6, 6.07) is 0.436. The third-order valence-electron chi connectivity index (χ3n) is 4.22. The molecule has 0 amide bonds. The second-order valence-corrected chi connectivity index (χ2v) is 6.15. The molecule has 7 heteroatoms. The third-order valence-corrected chi connectivity index (χ3v) is 4.22. The summed E-state index contributed by atoms with van der Waals surface area (Å²) in [5.41, 5.74) is 0. The zero-order valence-corrected chi connectivity index (χ0v) is 12.4. The van der Waals surface area contributed by atoms with E-state index in [-0.39, 0.29) is 6.04 Å². The molecule has 2 aromatic rings. The molecule has 112 valence electrons. The maximum Gasteiger partial charge on any atom is 0.243 e. The Hall–Kier alpha value is -1.76. The van der Waals surface area contributed by atoms with Crippen molar-refractivity contribution in [1.29, 1.82) is 0 Å². The van der Waals surface area contributed by atoms with Gasteiger partial charge in [-0.2, -0.15) is 10.1 Å². The lowest BCUT2D eigenvalue weighted by Gasteiger charge is -2.25. The standard InChI is InChI=1S/C14H20N6O/c1-8(14-17-13(19-21-14)10-3-4-10)15-11-5-6-12-16-9(2)18-20(12)7-11/h8,10-11,15H,3-7H2,1-2H3/t8-,11-/m0/s1. The molecule has 0 unspecified atom stereocenters. The van der Waals surface area contributed by atoms with Gasteiger partial charge in [0.25, 0.3) is 0 Å². The van der Waals surface area contributed by atoms with Gasteiger partial charge >= 0.3 is 0 Å². The van der Waals surface area contributed by atoms with Crippen molar-refractivity contribution in [3.8, 4) is 0 Å². The number of rotatable bonds is 4. The molecular weight excluding hydrogens is 268 g/mol. The highest BCUT2D eigenvalue weighted by molar-refractivity contribution is 5.05. The van der Waals surface area contributed by atoms with Crippen molar-refractivity contribution < 1.29 is 4.52 Å². The van der Waals surface area contributed by atoms with Crippen molar-refractivity contribution in [3.63, 3.8) is 0 Å². The third kappa shape index (κ3) is 2.57. The zero-order valence-electron chi connectivity index (χ0n) is 12.4. The van der Waals surface area contributed by atoms with E-state index < -0.39 is 0 Å². The first-order valence-electron chi connectivity index (χ1n) is 7.69. The van der Waals surface area contributed by atoms with E-state index in [2.05, 4.69) is 32.5 Å². The van der Waals surface area contributed by atoms with Crippen LogP contribution in [0.25, 0.3) is 0 Å². The quantitative estimate of drug-likeness (QED) is 0.918. The predicted octanol–water partition coefficient (Wildman–Crippen LogP) is 1.51. The van der Waals surface area contributed by atoms with E-state index in [1.807, 2.05) is 11.6 Å². The number of aromatic nitrogens is 5. The van der Waals surface area contributed by atoms with E-state index in [0.717, 1.165) is 36.9 Å². The number of nitrogens with zero attached hydrogens (tertiary/aromatic N) is 5. The van der Waals surface area contributed by atoms with Crippen LogP contribution in [0, 0.1) is 6.92 Å². The highest BCUT2D eigenvalue weighted by atomic mass is 16.5. The lowest BCUT2D eigenvalue weighted by molar-refractivity contribution is 0.287. The fourth-order valence-electron chi connectivity index (χ4n) is 2.93. The molecule has 0 bridgehead atoms. The number of hydrogen-bond acceptors (Lipinski definition) is 6. The number of aryl methyl sites for hydroxylation is 2. The minimum absolute atomic E-state index is 0.0705. The van der Waals surface area contributed by atoms with Crippen LogP contribution in [0.15, 0.2) is 4.52 Å². The Kier molecular flexibility index (Phi) is 3.02. The summed E-state index contributed by atoms with van der Waals surface area (Å²) in [6.45, 7) is 4.87. The smallest absolute Gasteiger partial charge is 0.243 e. The maximum absolute atomic E-state index is 5.38. The van der Waals surface area contributed by atoms with Crippen molar-refractivity contribution in [2.24, 2.45) is 0 Å². The second-order valence-electron chi connectivity index (χ2n) is 6.15. The molecule has 1 aliphatic heterocycles. The Morgan fingerprint density at radius 2 is 2.14 bits per heavy atom. The molecule has 2 atom stereocenters. The fourth-order valence-corrected chi connectivity index (χ4v) is 2.93. The minimum atomic E-state index is 0.0705. The van der Waals surface area contributed by atoms with Gasteiger partial charge in [-0.15, -0.1) is 0 Å². The van der Waals surface area contributed by atoms with Gasteiger partial charge in [-0.3, -0.25) is 0 Å².